The van der Waals surface area contributed by atoms with Gasteiger partial charge in [0, 0.05) is 17.2 Å². The molecule has 9 nitrogen and oxygen atoms in total. The number of aromatic nitrogens is 1. The SMILES string of the molecule is CCOC(=O)C1=C(C)N=c2s/c(=C\c3ccc(-c4ccc(Cl)cc4[N+](=O)[O-])o3)c(=O)n2[C@@H]1c1ccc(F)cc1. The van der Waals surface area contributed by atoms with Crippen molar-refractivity contribution < 1.29 is 23.3 Å². The van der Waals surface area contributed by atoms with Gasteiger partial charge in [-0.2, -0.15) is 0 Å². The molecule has 5 rings (SSSR count). The molecule has 1 aliphatic heterocycles. The maximum Gasteiger partial charge on any atom is 0.338 e. The van der Waals surface area contributed by atoms with Crippen molar-refractivity contribution in [1.29, 1.82) is 0 Å². The average molecular weight is 568 g/mol. The molecule has 3 heterocycles. The van der Waals surface area contributed by atoms with E-state index in [0.29, 0.717) is 16.1 Å². The van der Waals surface area contributed by atoms with Gasteiger partial charge in [-0.25, -0.2) is 14.2 Å². The molecule has 12 heteroatoms. The van der Waals surface area contributed by atoms with Crippen LogP contribution in [0.1, 0.15) is 31.2 Å². The van der Waals surface area contributed by atoms with Crippen molar-refractivity contribution in [3.8, 4) is 11.3 Å². The van der Waals surface area contributed by atoms with Crippen LogP contribution in [0.4, 0.5) is 10.1 Å². The summed E-state index contributed by atoms with van der Waals surface area (Å²) in [4.78, 5) is 42.3. The molecule has 0 bridgehead atoms. The number of nitro benzene ring substituents is 1. The summed E-state index contributed by atoms with van der Waals surface area (Å²) in [5.41, 5.74) is 0.638. The summed E-state index contributed by atoms with van der Waals surface area (Å²) >= 11 is 7.00. The maximum absolute atomic E-state index is 13.7. The molecule has 4 aromatic rings. The van der Waals surface area contributed by atoms with E-state index >= 15 is 0 Å². The van der Waals surface area contributed by atoms with E-state index in [1.165, 1.54) is 53.1 Å². The summed E-state index contributed by atoms with van der Waals surface area (Å²) < 4.78 is 26.4. The number of allylic oxidation sites excluding steroid dienone is 1. The standard InChI is InChI=1S/C27H19ClFN3O6S/c1-3-37-26(34)23-14(2)30-27-31(24(23)15-4-7-17(29)8-5-15)25(33)22(39-27)13-18-9-11-21(38-18)19-10-6-16(28)12-20(19)32(35)36/h4-13,24H,3H2,1-2H3/b22-13-/t24-/m1/s1. The molecule has 0 amide bonds. The number of hydrogen-bond donors (Lipinski definition) is 0. The number of furan rings is 1. The second kappa shape index (κ2) is 10.4. The van der Waals surface area contributed by atoms with Crippen molar-refractivity contribution in [2.45, 2.75) is 19.9 Å². The minimum atomic E-state index is -0.882. The molecule has 0 fully saturated rings. The van der Waals surface area contributed by atoms with Crippen molar-refractivity contribution in [2.75, 3.05) is 6.61 Å². The third-order valence-corrected chi connectivity index (χ3v) is 7.24. The van der Waals surface area contributed by atoms with Crippen LogP contribution in [0.25, 0.3) is 17.4 Å². The van der Waals surface area contributed by atoms with Gasteiger partial charge < -0.3 is 9.15 Å². The van der Waals surface area contributed by atoms with E-state index in [4.69, 9.17) is 20.8 Å². The lowest BCUT2D eigenvalue weighted by Gasteiger charge is -2.24. The summed E-state index contributed by atoms with van der Waals surface area (Å²) in [5, 5.41) is 11.7. The second-order valence-corrected chi connectivity index (χ2v) is 9.92. The van der Waals surface area contributed by atoms with Crippen molar-refractivity contribution >= 4 is 40.7 Å². The molecule has 0 unspecified atom stereocenters. The smallest absolute Gasteiger partial charge is 0.338 e. The Bertz CT molecular complexity index is 1840. The predicted molar refractivity (Wildman–Crippen MR) is 143 cm³/mol. The molecular weight excluding hydrogens is 549 g/mol. The van der Waals surface area contributed by atoms with Crippen molar-refractivity contribution in [3.05, 3.63) is 118 Å². The molecule has 2 aromatic carbocycles. The van der Waals surface area contributed by atoms with Gasteiger partial charge in [0.25, 0.3) is 11.2 Å². The van der Waals surface area contributed by atoms with E-state index < -0.39 is 28.3 Å². The van der Waals surface area contributed by atoms with Gasteiger partial charge in [0.1, 0.15) is 17.3 Å². The minimum absolute atomic E-state index is 0.128. The van der Waals surface area contributed by atoms with E-state index in [-0.39, 0.29) is 44.5 Å². The van der Waals surface area contributed by atoms with Crippen LogP contribution in [-0.4, -0.2) is 22.1 Å². The molecule has 39 heavy (non-hydrogen) atoms. The summed E-state index contributed by atoms with van der Waals surface area (Å²) in [6.45, 7) is 3.45. The molecule has 2 aromatic heterocycles. The van der Waals surface area contributed by atoms with Crippen LogP contribution in [0.3, 0.4) is 0 Å². The topological polar surface area (TPSA) is 117 Å². The Morgan fingerprint density at radius 2 is 2.00 bits per heavy atom. The highest BCUT2D eigenvalue weighted by molar-refractivity contribution is 7.07. The number of benzene rings is 2. The Labute approximate surface area is 228 Å². The highest BCUT2D eigenvalue weighted by Crippen LogP contribution is 2.34. The monoisotopic (exact) mass is 567 g/mol. The van der Waals surface area contributed by atoms with Crippen LogP contribution in [0, 0.1) is 15.9 Å². The highest BCUT2D eigenvalue weighted by atomic mass is 35.5. The van der Waals surface area contributed by atoms with Crippen LogP contribution in [0.5, 0.6) is 0 Å². The van der Waals surface area contributed by atoms with Crippen LogP contribution >= 0.6 is 22.9 Å². The van der Waals surface area contributed by atoms with Gasteiger partial charge in [-0.1, -0.05) is 35.1 Å². The molecule has 0 N–H and O–H groups in total. The van der Waals surface area contributed by atoms with Crippen LogP contribution in [0.15, 0.2) is 80.1 Å². The number of carbonyl (C=O) groups excluding carboxylic acids is 1. The Hall–Kier alpha value is -4.35. The zero-order valence-corrected chi connectivity index (χ0v) is 22.1. The van der Waals surface area contributed by atoms with Gasteiger partial charge in [-0.15, -0.1) is 0 Å². The van der Waals surface area contributed by atoms with Gasteiger partial charge in [-0.05, 0) is 55.8 Å². The van der Waals surface area contributed by atoms with Crippen LogP contribution < -0.4 is 14.9 Å². The third-order valence-electron chi connectivity index (χ3n) is 6.02. The summed E-state index contributed by atoms with van der Waals surface area (Å²) in [6, 6.07) is 12.0. The van der Waals surface area contributed by atoms with Gasteiger partial charge in [0.2, 0.25) is 0 Å². The number of rotatable bonds is 6. The molecule has 0 spiro atoms. The second-order valence-electron chi connectivity index (χ2n) is 8.47. The lowest BCUT2D eigenvalue weighted by Crippen LogP contribution is -2.39. The lowest BCUT2D eigenvalue weighted by molar-refractivity contribution is -0.384. The number of ether oxygens (including phenoxy) is 1. The lowest BCUT2D eigenvalue weighted by atomic mass is 9.96. The zero-order chi connectivity index (χ0) is 27.8. The van der Waals surface area contributed by atoms with Crippen molar-refractivity contribution in [1.82, 2.24) is 4.57 Å². The molecule has 0 aliphatic carbocycles. The largest absolute Gasteiger partial charge is 0.463 e. The molecule has 198 valence electrons. The third kappa shape index (κ3) is 4.93. The minimum Gasteiger partial charge on any atom is -0.463 e. The van der Waals surface area contributed by atoms with Crippen molar-refractivity contribution in [3.63, 3.8) is 0 Å². The number of nitrogens with zero attached hydrogens (tertiary/aromatic N) is 3. The predicted octanol–water partition coefficient (Wildman–Crippen LogP) is 4.76. The first kappa shape index (κ1) is 26.3. The van der Waals surface area contributed by atoms with Crippen LogP contribution in [-0.2, 0) is 9.53 Å². The fourth-order valence-electron chi connectivity index (χ4n) is 4.32. The van der Waals surface area contributed by atoms with Gasteiger partial charge in [0.15, 0.2) is 4.80 Å². The Morgan fingerprint density at radius 3 is 2.69 bits per heavy atom. The quantitative estimate of drug-likeness (QED) is 0.188. The number of esters is 1. The molecule has 1 aliphatic rings. The van der Waals surface area contributed by atoms with E-state index in [9.17, 15) is 24.1 Å². The molecule has 1 atom stereocenters. The zero-order valence-electron chi connectivity index (χ0n) is 20.5. The Balaban J connectivity index is 1.63. The number of thiazole rings is 1. The summed E-state index contributed by atoms with van der Waals surface area (Å²) in [7, 11) is 0. The normalized spacial score (nSPS) is 15.2. The number of hydrogen-bond acceptors (Lipinski definition) is 8. The van der Waals surface area contributed by atoms with Gasteiger partial charge in [0.05, 0.1) is 38.9 Å². The molecule has 0 saturated heterocycles. The Kier molecular flexibility index (Phi) is 7.02. The van der Waals surface area contributed by atoms with Crippen LogP contribution in [0.2, 0.25) is 5.02 Å². The summed E-state index contributed by atoms with van der Waals surface area (Å²) in [5.74, 6) is -0.581. The molecule has 0 radical (unpaired) electrons. The fourth-order valence-corrected chi connectivity index (χ4v) is 5.51. The van der Waals surface area contributed by atoms with E-state index in [0.717, 1.165) is 11.3 Å². The van der Waals surface area contributed by atoms with Crippen molar-refractivity contribution in [2.24, 2.45) is 4.99 Å². The molecular formula is C27H19ClFN3O6S. The fraction of sp³-hybridized carbons (Fsp3) is 0.148. The number of halogens is 2. The van der Waals surface area contributed by atoms with E-state index in [2.05, 4.69) is 4.99 Å². The maximum atomic E-state index is 13.7. The molecule has 0 saturated carbocycles. The highest BCUT2D eigenvalue weighted by Gasteiger charge is 2.33. The first-order valence-corrected chi connectivity index (χ1v) is 12.9. The van der Waals surface area contributed by atoms with Gasteiger partial charge >= 0.3 is 5.97 Å². The number of carbonyl (C=O) groups is 1. The van der Waals surface area contributed by atoms with E-state index in [1.807, 2.05) is 0 Å². The number of nitro groups is 1. The Morgan fingerprint density at radius 1 is 1.26 bits per heavy atom. The summed E-state index contributed by atoms with van der Waals surface area (Å²) in [6.07, 6.45) is 1.50. The number of fused-ring (bicyclic) bond motifs is 1. The van der Waals surface area contributed by atoms with E-state index in [1.54, 1.807) is 26.0 Å². The average Bonchev–Trinajstić information content (AvgIpc) is 3.48. The first-order valence-electron chi connectivity index (χ1n) is 11.7. The first-order chi connectivity index (χ1) is 18.7. The van der Waals surface area contributed by atoms with Gasteiger partial charge in [-0.3, -0.25) is 19.5 Å².